The third-order valence-electron chi connectivity index (χ3n) is 4.74. The molecule has 3 rings (SSSR count). The van der Waals surface area contributed by atoms with Gasteiger partial charge in [0.15, 0.2) is 0 Å². The second-order valence-electron chi connectivity index (χ2n) is 7.16. The van der Waals surface area contributed by atoms with Gasteiger partial charge in [0.25, 0.3) is 5.91 Å². The Bertz CT molecular complexity index is 1290. The second kappa shape index (κ2) is 9.66. The number of hydrogen-bond acceptors (Lipinski definition) is 4. The summed E-state index contributed by atoms with van der Waals surface area (Å²) in [5, 5.41) is 3.96. The zero-order valence-corrected chi connectivity index (χ0v) is 20.1. The van der Waals surface area contributed by atoms with Crippen molar-refractivity contribution in [2.24, 2.45) is 5.10 Å². The largest absolute Gasteiger partial charge is 0.315 e. The van der Waals surface area contributed by atoms with E-state index in [0.29, 0.717) is 21.4 Å². The van der Waals surface area contributed by atoms with Crippen molar-refractivity contribution in [3.63, 3.8) is 0 Å². The quantitative estimate of drug-likeness (QED) is 0.378. The summed E-state index contributed by atoms with van der Waals surface area (Å²) in [4.78, 5) is 12.4. The summed E-state index contributed by atoms with van der Waals surface area (Å²) in [6.07, 6.45) is 2.48. The van der Waals surface area contributed by atoms with Gasteiger partial charge in [-0.1, -0.05) is 34.1 Å². The van der Waals surface area contributed by atoms with Crippen molar-refractivity contribution >= 4 is 43.8 Å². The monoisotopic (exact) mass is 520 g/mol. The first-order chi connectivity index (χ1) is 15.1. The third-order valence-corrected chi connectivity index (χ3v) is 6.37. The van der Waals surface area contributed by atoms with E-state index in [1.165, 1.54) is 12.3 Å². The Morgan fingerprint density at radius 1 is 1.19 bits per heavy atom. The molecule has 2 aromatic carbocycles. The molecule has 0 aliphatic carbocycles. The molecule has 0 unspecified atom stereocenters. The maximum atomic E-state index is 14.2. The van der Waals surface area contributed by atoms with Gasteiger partial charge in [0.05, 0.1) is 23.8 Å². The fourth-order valence-corrected chi connectivity index (χ4v) is 4.53. The summed E-state index contributed by atoms with van der Waals surface area (Å²) in [6, 6.07) is 14.9. The number of anilines is 1. The van der Waals surface area contributed by atoms with Crippen LogP contribution >= 0.6 is 15.9 Å². The molecule has 1 amide bonds. The van der Waals surface area contributed by atoms with Crippen molar-refractivity contribution in [2.45, 2.75) is 13.8 Å². The van der Waals surface area contributed by atoms with Gasteiger partial charge in [-0.05, 0) is 50.2 Å². The van der Waals surface area contributed by atoms with Gasteiger partial charge in [-0.3, -0.25) is 9.10 Å². The normalized spacial score (nSPS) is 11.7. The molecule has 168 valence electrons. The molecular weight excluding hydrogens is 499 g/mol. The minimum Gasteiger partial charge on any atom is -0.315 e. The summed E-state index contributed by atoms with van der Waals surface area (Å²) in [5.41, 5.74) is 5.38. The van der Waals surface area contributed by atoms with Gasteiger partial charge >= 0.3 is 0 Å². The number of hydrogen-bond donors (Lipinski definition) is 1. The van der Waals surface area contributed by atoms with E-state index in [2.05, 4.69) is 26.5 Å². The highest BCUT2D eigenvalue weighted by Crippen LogP contribution is 2.23. The Morgan fingerprint density at radius 2 is 1.91 bits per heavy atom. The number of nitrogens with zero attached hydrogens (tertiary/aromatic N) is 3. The van der Waals surface area contributed by atoms with Gasteiger partial charge < -0.3 is 4.57 Å². The van der Waals surface area contributed by atoms with Crippen LogP contribution in [0.15, 0.2) is 64.2 Å². The van der Waals surface area contributed by atoms with Crippen LogP contribution in [0.1, 0.15) is 17.0 Å². The van der Waals surface area contributed by atoms with Crippen molar-refractivity contribution < 1.29 is 17.6 Å². The number of rotatable bonds is 7. The summed E-state index contributed by atoms with van der Waals surface area (Å²) in [7, 11) is -3.69. The topological polar surface area (TPSA) is 83.8 Å². The number of amides is 1. The number of para-hydroxylation sites is 1. The van der Waals surface area contributed by atoms with Crippen LogP contribution in [-0.4, -0.2) is 37.9 Å². The van der Waals surface area contributed by atoms with Crippen LogP contribution in [-0.2, 0) is 14.8 Å². The molecule has 0 aliphatic rings. The number of halogens is 2. The lowest BCUT2D eigenvalue weighted by Crippen LogP contribution is -2.39. The van der Waals surface area contributed by atoms with Gasteiger partial charge in [-0.2, -0.15) is 5.10 Å². The van der Waals surface area contributed by atoms with E-state index in [-0.39, 0.29) is 5.82 Å². The highest BCUT2D eigenvalue weighted by Gasteiger charge is 2.21. The van der Waals surface area contributed by atoms with Crippen molar-refractivity contribution in [3.05, 3.63) is 81.8 Å². The summed E-state index contributed by atoms with van der Waals surface area (Å²) in [5.74, 6) is -0.950. The van der Waals surface area contributed by atoms with Gasteiger partial charge in [-0.15, -0.1) is 0 Å². The molecule has 0 radical (unpaired) electrons. The van der Waals surface area contributed by atoms with E-state index >= 15 is 0 Å². The molecule has 1 heterocycles. The molecule has 0 bridgehead atoms. The van der Waals surface area contributed by atoms with E-state index in [0.717, 1.165) is 21.9 Å². The molecule has 0 spiro atoms. The molecule has 0 fully saturated rings. The molecule has 0 saturated heterocycles. The zero-order valence-electron chi connectivity index (χ0n) is 17.7. The number of carbonyl (C=O) groups excluding carboxylic acids is 1. The van der Waals surface area contributed by atoms with Crippen LogP contribution in [0, 0.1) is 19.7 Å². The third kappa shape index (κ3) is 5.43. The van der Waals surface area contributed by atoms with Crippen LogP contribution in [0.5, 0.6) is 0 Å². The lowest BCUT2D eigenvalue weighted by molar-refractivity contribution is -0.119. The van der Waals surface area contributed by atoms with E-state index in [9.17, 15) is 17.6 Å². The number of aromatic nitrogens is 1. The van der Waals surface area contributed by atoms with Crippen LogP contribution in [0.4, 0.5) is 10.1 Å². The van der Waals surface area contributed by atoms with E-state index in [1.807, 2.05) is 19.9 Å². The predicted octanol–water partition coefficient (Wildman–Crippen LogP) is 3.91. The second-order valence-corrected chi connectivity index (χ2v) is 9.98. The van der Waals surface area contributed by atoms with Gasteiger partial charge in [0.2, 0.25) is 10.0 Å². The SMILES string of the molecule is Cc1cc(/C=N/NC(=O)CN(c2cccc(Br)c2)S(C)(=O)=O)c(C)n1-c1ccccc1F. The van der Waals surface area contributed by atoms with Gasteiger partial charge in [-0.25, -0.2) is 18.2 Å². The fraction of sp³-hybridized carbons (Fsp3) is 0.182. The van der Waals surface area contributed by atoms with Crippen LogP contribution in [0.3, 0.4) is 0 Å². The first-order valence-electron chi connectivity index (χ1n) is 9.57. The number of hydrazone groups is 1. The fourth-order valence-electron chi connectivity index (χ4n) is 3.29. The number of nitrogens with one attached hydrogen (secondary N) is 1. The van der Waals surface area contributed by atoms with Gasteiger partial charge in [0, 0.05) is 21.4 Å². The number of carbonyl (C=O) groups is 1. The first-order valence-corrected chi connectivity index (χ1v) is 12.2. The minimum atomic E-state index is -3.69. The van der Waals surface area contributed by atoms with Crippen molar-refractivity contribution in [3.8, 4) is 5.69 Å². The Labute approximate surface area is 194 Å². The Kier molecular flexibility index (Phi) is 7.15. The molecule has 0 atom stereocenters. The first kappa shape index (κ1) is 23.7. The summed E-state index contributed by atoms with van der Waals surface area (Å²) in [6.45, 7) is 3.24. The number of benzene rings is 2. The van der Waals surface area contributed by atoms with Gasteiger partial charge in [0.1, 0.15) is 12.4 Å². The van der Waals surface area contributed by atoms with Crippen molar-refractivity contribution in [1.29, 1.82) is 0 Å². The van der Waals surface area contributed by atoms with Crippen LogP contribution in [0.25, 0.3) is 5.69 Å². The van der Waals surface area contributed by atoms with E-state index in [1.54, 1.807) is 47.0 Å². The maximum Gasteiger partial charge on any atom is 0.260 e. The highest BCUT2D eigenvalue weighted by molar-refractivity contribution is 9.10. The minimum absolute atomic E-state index is 0.348. The molecule has 1 N–H and O–H groups in total. The van der Waals surface area contributed by atoms with E-state index in [4.69, 9.17) is 0 Å². The molecule has 10 heteroatoms. The molecule has 3 aromatic rings. The molecule has 0 saturated carbocycles. The molecular formula is C22H22BrFN4O3S. The maximum absolute atomic E-state index is 14.2. The molecule has 1 aromatic heterocycles. The molecule has 0 aliphatic heterocycles. The van der Waals surface area contributed by atoms with Crippen molar-refractivity contribution in [2.75, 3.05) is 17.1 Å². The molecule has 32 heavy (non-hydrogen) atoms. The summed E-state index contributed by atoms with van der Waals surface area (Å²) >= 11 is 3.30. The Balaban J connectivity index is 1.75. The Hall–Kier alpha value is -2.98. The molecule has 7 nitrogen and oxygen atoms in total. The van der Waals surface area contributed by atoms with Crippen LogP contribution in [0.2, 0.25) is 0 Å². The average Bonchev–Trinajstić information content (AvgIpc) is 2.99. The standard InChI is InChI=1S/C22H22BrFN4O3S/c1-15-11-17(16(2)28(15)21-10-5-4-9-20(21)24)13-25-26-22(29)14-27(32(3,30)31)19-8-6-7-18(23)12-19/h4-13H,14H2,1-3H3,(H,26,29)/b25-13+. The lowest BCUT2D eigenvalue weighted by Gasteiger charge is -2.21. The van der Waals surface area contributed by atoms with Crippen molar-refractivity contribution in [1.82, 2.24) is 9.99 Å². The van der Waals surface area contributed by atoms with Crippen LogP contribution < -0.4 is 9.73 Å². The highest BCUT2D eigenvalue weighted by atomic mass is 79.9. The average molecular weight is 521 g/mol. The predicted molar refractivity (Wildman–Crippen MR) is 127 cm³/mol. The van der Waals surface area contributed by atoms with E-state index < -0.39 is 22.5 Å². The zero-order chi connectivity index (χ0) is 23.5. The number of sulfonamides is 1. The summed E-state index contributed by atoms with van der Waals surface area (Å²) < 4.78 is 42.0. The number of aryl methyl sites for hydroxylation is 1. The smallest absolute Gasteiger partial charge is 0.260 e. The lowest BCUT2D eigenvalue weighted by atomic mass is 10.2. The Morgan fingerprint density at radius 3 is 2.56 bits per heavy atom.